The Morgan fingerprint density at radius 2 is 0.891 bits per heavy atom. The van der Waals surface area contributed by atoms with E-state index in [9.17, 15) is 20.1 Å². The van der Waals surface area contributed by atoms with Crippen LogP contribution in [0, 0.1) is 0 Å². The Kier molecular flexibility index (Phi) is 35.7. The summed E-state index contributed by atoms with van der Waals surface area (Å²) in [6.45, 7) is 4.16. The highest BCUT2D eigenvalue weighted by molar-refractivity contribution is 5.80. The molecule has 0 aliphatic carbocycles. The normalized spacial score (nSPS) is 13.9. The molecule has 0 heterocycles. The van der Waals surface area contributed by atoms with Gasteiger partial charge in [0.05, 0.1) is 18.8 Å². The van der Waals surface area contributed by atoms with Crippen LogP contribution in [0.5, 0.6) is 0 Å². The van der Waals surface area contributed by atoms with Crippen molar-refractivity contribution in [3.05, 3.63) is 24.3 Å². The Hall–Kier alpha value is -1.17. The summed E-state index contributed by atoms with van der Waals surface area (Å²) in [4.78, 5) is 12.4. The third-order valence-corrected chi connectivity index (χ3v) is 9.29. The van der Waals surface area contributed by atoms with Crippen molar-refractivity contribution in [1.82, 2.24) is 5.32 Å². The van der Waals surface area contributed by atoms with E-state index in [1.807, 2.05) is 6.08 Å². The molecule has 46 heavy (non-hydrogen) atoms. The van der Waals surface area contributed by atoms with Crippen molar-refractivity contribution in [3.8, 4) is 0 Å². The summed E-state index contributed by atoms with van der Waals surface area (Å²) < 4.78 is 0. The number of allylic oxidation sites excluding steroid dienone is 3. The van der Waals surface area contributed by atoms with Gasteiger partial charge in [0.1, 0.15) is 6.10 Å². The molecule has 0 saturated heterocycles. The summed E-state index contributed by atoms with van der Waals surface area (Å²) in [5, 5.41) is 33.0. The maximum Gasteiger partial charge on any atom is 0.249 e. The van der Waals surface area contributed by atoms with Gasteiger partial charge < -0.3 is 20.6 Å². The van der Waals surface area contributed by atoms with Gasteiger partial charge >= 0.3 is 0 Å². The zero-order valence-corrected chi connectivity index (χ0v) is 30.7. The third-order valence-electron chi connectivity index (χ3n) is 9.29. The van der Waals surface area contributed by atoms with Gasteiger partial charge in [-0.15, -0.1) is 0 Å². The van der Waals surface area contributed by atoms with Gasteiger partial charge in [0.25, 0.3) is 0 Å². The topological polar surface area (TPSA) is 89.8 Å². The molecule has 0 radical (unpaired) electrons. The first-order valence-corrected chi connectivity index (χ1v) is 20.2. The number of aliphatic hydroxyl groups excluding tert-OH is 3. The van der Waals surface area contributed by atoms with Gasteiger partial charge in [-0.1, -0.05) is 199 Å². The average molecular weight is 650 g/mol. The van der Waals surface area contributed by atoms with Crippen LogP contribution in [0.3, 0.4) is 0 Å². The Morgan fingerprint density at radius 1 is 0.522 bits per heavy atom. The van der Waals surface area contributed by atoms with E-state index in [0.29, 0.717) is 6.42 Å². The minimum Gasteiger partial charge on any atom is -0.394 e. The first-order valence-electron chi connectivity index (χ1n) is 20.2. The van der Waals surface area contributed by atoms with Crippen LogP contribution in [0.4, 0.5) is 0 Å². The van der Waals surface area contributed by atoms with E-state index >= 15 is 0 Å². The van der Waals surface area contributed by atoms with E-state index < -0.39 is 24.2 Å². The Labute approximate surface area is 286 Å². The second-order valence-electron chi connectivity index (χ2n) is 13.8. The molecule has 5 nitrogen and oxygen atoms in total. The Bertz CT molecular complexity index is 679. The third kappa shape index (κ3) is 31.4. The lowest BCUT2D eigenvalue weighted by molar-refractivity contribution is -0.131. The molecule has 0 aliphatic heterocycles. The molecular formula is C41H79NO4. The largest absolute Gasteiger partial charge is 0.394 e. The van der Waals surface area contributed by atoms with Gasteiger partial charge in [0.15, 0.2) is 0 Å². The van der Waals surface area contributed by atoms with Crippen molar-refractivity contribution >= 4 is 5.91 Å². The molecular weight excluding hydrogens is 570 g/mol. The Morgan fingerprint density at radius 3 is 1.33 bits per heavy atom. The van der Waals surface area contributed by atoms with E-state index in [0.717, 1.165) is 38.5 Å². The molecule has 0 rings (SSSR count). The lowest BCUT2D eigenvalue weighted by Gasteiger charge is -2.21. The van der Waals surface area contributed by atoms with Gasteiger partial charge in [-0.3, -0.25) is 4.79 Å². The van der Waals surface area contributed by atoms with Crippen molar-refractivity contribution < 1.29 is 20.1 Å². The molecule has 0 saturated carbocycles. The predicted octanol–water partition coefficient (Wildman–Crippen LogP) is 11.0. The highest BCUT2D eigenvalue weighted by Gasteiger charge is 2.22. The smallest absolute Gasteiger partial charge is 0.249 e. The number of hydrogen-bond donors (Lipinski definition) is 4. The average Bonchev–Trinajstić information content (AvgIpc) is 3.06. The van der Waals surface area contributed by atoms with Crippen molar-refractivity contribution in [1.29, 1.82) is 0 Å². The van der Waals surface area contributed by atoms with Crippen LogP contribution in [0.1, 0.15) is 206 Å². The fourth-order valence-electron chi connectivity index (χ4n) is 6.08. The maximum atomic E-state index is 12.4. The van der Waals surface area contributed by atoms with Gasteiger partial charge in [-0.2, -0.15) is 0 Å². The molecule has 0 fully saturated rings. The molecule has 1 amide bonds. The van der Waals surface area contributed by atoms with Gasteiger partial charge in [-0.05, 0) is 32.1 Å². The summed E-state index contributed by atoms with van der Waals surface area (Å²) in [7, 11) is 0. The number of unbranched alkanes of at least 4 members (excludes halogenated alkanes) is 26. The minimum absolute atomic E-state index is 0.373. The minimum atomic E-state index is -1.10. The zero-order valence-electron chi connectivity index (χ0n) is 30.7. The lowest BCUT2D eigenvalue weighted by Crippen LogP contribution is -2.48. The number of carbonyl (C=O) groups is 1. The molecule has 0 aromatic heterocycles. The van der Waals surface area contributed by atoms with Crippen LogP contribution in [-0.2, 0) is 4.79 Å². The summed E-state index contributed by atoms with van der Waals surface area (Å²) in [6.07, 6.45) is 43.4. The standard InChI is InChI=1S/C41H79NO4/c1-3-5-7-9-11-13-15-17-18-19-20-21-22-24-26-28-30-32-34-36-40(45)41(46)42-38(37-43)39(44)35-33-31-29-27-25-23-16-14-12-10-8-6-4-2/h25,27,33,35,38-40,43-45H,3-24,26,28-32,34,36-37H2,1-2H3,(H,42,46)/b27-25+,35-33+. The van der Waals surface area contributed by atoms with Crippen LogP contribution in [0.15, 0.2) is 24.3 Å². The second-order valence-corrected chi connectivity index (χ2v) is 13.8. The van der Waals surface area contributed by atoms with Gasteiger partial charge in [0, 0.05) is 0 Å². The summed E-state index contributed by atoms with van der Waals surface area (Å²) >= 11 is 0. The monoisotopic (exact) mass is 650 g/mol. The molecule has 0 spiro atoms. The molecule has 272 valence electrons. The predicted molar refractivity (Wildman–Crippen MR) is 199 cm³/mol. The van der Waals surface area contributed by atoms with Gasteiger partial charge in [0.2, 0.25) is 5.91 Å². The van der Waals surface area contributed by atoms with Crippen LogP contribution >= 0.6 is 0 Å². The number of amides is 1. The van der Waals surface area contributed by atoms with Crippen molar-refractivity contribution in [2.75, 3.05) is 6.61 Å². The molecule has 0 aromatic carbocycles. The molecule has 5 heteroatoms. The number of nitrogens with one attached hydrogen (secondary N) is 1. The molecule has 0 bridgehead atoms. The zero-order chi connectivity index (χ0) is 33.8. The van der Waals surface area contributed by atoms with Crippen molar-refractivity contribution in [2.45, 2.75) is 225 Å². The second kappa shape index (κ2) is 36.7. The van der Waals surface area contributed by atoms with Crippen LogP contribution in [0.25, 0.3) is 0 Å². The van der Waals surface area contributed by atoms with E-state index in [2.05, 4.69) is 31.3 Å². The SMILES string of the molecule is CCCCCCCCC/C=C/CC/C=C/C(O)C(CO)NC(=O)C(O)CCCCCCCCCCCCCCCCCCCCC. The van der Waals surface area contributed by atoms with E-state index in [1.54, 1.807) is 6.08 Å². The Balaban J connectivity index is 3.70. The lowest BCUT2D eigenvalue weighted by atomic mass is 10.0. The number of rotatable bonds is 36. The summed E-state index contributed by atoms with van der Waals surface area (Å²) in [5.41, 5.74) is 0. The van der Waals surface area contributed by atoms with Crippen LogP contribution in [0.2, 0.25) is 0 Å². The van der Waals surface area contributed by atoms with E-state index in [-0.39, 0.29) is 6.61 Å². The molecule has 0 aliphatic rings. The summed E-state index contributed by atoms with van der Waals surface area (Å²) in [6, 6.07) is -0.809. The van der Waals surface area contributed by atoms with Crippen LogP contribution < -0.4 is 5.32 Å². The molecule has 3 unspecified atom stereocenters. The van der Waals surface area contributed by atoms with Crippen molar-refractivity contribution in [3.63, 3.8) is 0 Å². The number of carbonyl (C=O) groups excluding carboxylic acids is 1. The van der Waals surface area contributed by atoms with Gasteiger partial charge in [-0.25, -0.2) is 0 Å². The fourth-order valence-corrected chi connectivity index (χ4v) is 6.08. The molecule has 4 N–H and O–H groups in total. The summed E-state index contributed by atoms with van der Waals surface area (Å²) in [5.74, 6) is -0.512. The quantitative estimate of drug-likeness (QED) is 0.0401. The molecule has 0 aromatic rings. The first-order chi connectivity index (χ1) is 22.6. The highest BCUT2D eigenvalue weighted by Crippen LogP contribution is 2.15. The highest BCUT2D eigenvalue weighted by atomic mass is 16.3. The molecule has 3 atom stereocenters. The number of hydrogen-bond acceptors (Lipinski definition) is 4. The number of aliphatic hydroxyl groups is 3. The van der Waals surface area contributed by atoms with E-state index in [1.165, 1.54) is 148 Å². The maximum absolute atomic E-state index is 12.4. The van der Waals surface area contributed by atoms with E-state index in [4.69, 9.17) is 0 Å². The first kappa shape index (κ1) is 44.8. The van der Waals surface area contributed by atoms with Crippen molar-refractivity contribution in [2.24, 2.45) is 0 Å². The van der Waals surface area contributed by atoms with Crippen LogP contribution in [-0.4, -0.2) is 46.1 Å². The fraction of sp³-hybridized carbons (Fsp3) is 0.878.